The summed E-state index contributed by atoms with van der Waals surface area (Å²) in [7, 11) is 0. The van der Waals surface area contributed by atoms with Crippen molar-refractivity contribution >= 4 is 29.7 Å². The van der Waals surface area contributed by atoms with Crippen LogP contribution in [0.5, 0.6) is 0 Å². The number of aromatic nitrogens is 1. The monoisotopic (exact) mass is 292 g/mol. The van der Waals surface area contributed by atoms with Crippen LogP contribution in [0.25, 0.3) is 6.08 Å². The van der Waals surface area contributed by atoms with Crippen LogP contribution < -0.4 is 5.32 Å². The minimum absolute atomic E-state index is 0.157. The molecule has 2 heterocycles. The van der Waals surface area contributed by atoms with Crippen LogP contribution in [0.1, 0.15) is 28.8 Å². The molecule has 1 aromatic heterocycles. The molecule has 1 aliphatic rings. The van der Waals surface area contributed by atoms with Crippen molar-refractivity contribution in [3.8, 4) is 0 Å². The topological polar surface area (TPSA) is 79.3 Å². The summed E-state index contributed by atoms with van der Waals surface area (Å²) < 4.78 is 0. The molecule has 0 bridgehead atoms. The van der Waals surface area contributed by atoms with Gasteiger partial charge in [-0.25, -0.2) is 4.79 Å². The summed E-state index contributed by atoms with van der Waals surface area (Å²) >= 11 is 1.85. The van der Waals surface area contributed by atoms with Crippen molar-refractivity contribution in [1.29, 1.82) is 0 Å². The number of hydrogen-bond donors (Lipinski definition) is 2. The van der Waals surface area contributed by atoms with Crippen molar-refractivity contribution in [3.05, 3.63) is 35.7 Å². The highest BCUT2D eigenvalue weighted by Crippen LogP contribution is 2.17. The number of pyridine rings is 1. The largest absolute Gasteiger partial charge is 0.478 e. The molecule has 0 spiro atoms. The van der Waals surface area contributed by atoms with Crippen molar-refractivity contribution in [2.24, 2.45) is 0 Å². The van der Waals surface area contributed by atoms with Gasteiger partial charge in [-0.05, 0) is 36.3 Å². The highest BCUT2D eigenvalue weighted by molar-refractivity contribution is 7.99. The molecule has 0 saturated carbocycles. The fraction of sp³-hybridized carbons (Fsp3) is 0.357. The van der Waals surface area contributed by atoms with E-state index in [4.69, 9.17) is 5.11 Å². The Morgan fingerprint density at radius 3 is 3.00 bits per heavy atom. The van der Waals surface area contributed by atoms with Crippen molar-refractivity contribution in [1.82, 2.24) is 10.3 Å². The van der Waals surface area contributed by atoms with E-state index < -0.39 is 5.97 Å². The zero-order chi connectivity index (χ0) is 14.4. The molecular weight excluding hydrogens is 276 g/mol. The Balaban J connectivity index is 2.02. The lowest BCUT2D eigenvalue weighted by Crippen LogP contribution is -2.38. The van der Waals surface area contributed by atoms with Gasteiger partial charge in [-0.15, -0.1) is 0 Å². The van der Waals surface area contributed by atoms with Crippen LogP contribution >= 0.6 is 11.8 Å². The minimum atomic E-state index is -1.03. The maximum Gasteiger partial charge on any atom is 0.328 e. The van der Waals surface area contributed by atoms with Crippen LogP contribution in [0, 0.1) is 0 Å². The summed E-state index contributed by atoms with van der Waals surface area (Å²) in [6, 6.07) is 1.84. The Kier molecular flexibility index (Phi) is 5.17. The predicted molar refractivity (Wildman–Crippen MR) is 78.7 cm³/mol. The number of carboxylic acid groups (broad SMARTS) is 1. The molecule has 2 rings (SSSR count). The second-order valence-electron chi connectivity index (χ2n) is 4.57. The van der Waals surface area contributed by atoms with E-state index in [2.05, 4.69) is 10.3 Å². The Labute approximate surface area is 121 Å². The van der Waals surface area contributed by atoms with Gasteiger partial charge in [-0.1, -0.05) is 0 Å². The molecule has 106 valence electrons. The van der Waals surface area contributed by atoms with Gasteiger partial charge in [0.15, 0.2) is 0 Å². The number of aliphatic carboxylic acids is 1. The third-order valence-corrected chi connectivity index (χ3v) is 4.15. The summed E-state index contributed by atoms with van der Waals surface area (Å²) in [6.45, 7) is 0. The van der Waals surface area contributed by atoms with E-state index in [0.29, 0.717) is 11.1 Å². The third kappa shape index (κ3) is 4.38. The van der Waals surface area contributed by atoms with Crippen LogP contribution in [0.2, 0.25) is 0 Å². The molecular formula is C14H16N2O3S. The number of carboxylic acids is 1. The summed E-state index contributed by atoms with van der Waals surface area (Å²) in [4.78, 5) is 26.5. The van der Waals surface area contributed by atoms with Crippen molar-refractivity contribution in [2.45, 2.75) is 18.9 Å². The van der Waals surface area contributed by atoms with Gasteiger partial charge in [0.1, 0.15) is 0 Å². The maximum atomic E-state index is 12.1. The molecule has 1 fully saturated rings. The number of carbonyl (C=O) groups excluding carboxylic acids is 1. The first-order chi connectivity index (χ1) is 9.65. The Morgan fingerprint density at radius 2 is 2.30 bits per heavy atom. The molecule has 0 aromatic carbocycles. The molecule has 1 amide bonds. The molecule has 20 heavy (non-hydrogen) atoms. The second kappa shape index (κ2) is 7.09. The van der Waals surface area contributed by atoms with Gasteiger partial charge in [-0.2, -0.15) is 11.8 Å². The number of amides is 1. The third-order valence-electron chi connectivity index (χ3n) is 2.94. The first-order valence-electron chi connectivity index (χ1n) is 6.40. The second-order valence-corrected chi connectivity index (χ2v) is 5.72. The molecule has 1 atom stereocenters. The van der Waals surface area contributed by atoms with Crippen LogP contribution in [0.15, 0.2) is 24.5 Å². The summed E-state index contributed by atoms with van der Waals surface area (Å²) in [6.07, 6.45) is 7.58. The van der Waals surface area contributed by atoms with Crippen molar-refractivity contribution in [3.63, 3.8) is 0 Å². The van der Waals surface area contributed by atoms with Gasteiger partial charge in [0, 0.05) is 30.3 Å². The molecule has 1 saturated heterocycles. The molecule has 1 unspecified atom stereocenters. The maximum absolute atomic E-state index is 12.1. The van der Waals surface area contributed by atoms with Gasteiger partial charge in [0.05, 0.1) is 5.56 Å². The minimum Gasteiger partial charge on any atom is -0.478 e. The van der Waals surface area contributed by atoms with E-state index in [1.165, 1.54) is 18.5 Å². The normalized spacial score (nSPS) is 18.9. The molecule has 1 aromatic rings. The summed E-state index contributed by atoms with van der Waals surface area (Å²) in [5.74, 6) is 0.913. The molecule has 1 aliphatic heterocycles. The van der Waals surface area contributed by atoms with Gasteiger partial charge in [0.2, 0.25) is 0 Å². The number of rotatable bonds is 4. The molecule has 0 radical (unpaired) electrons. The lowest BCUT2D eigenvalue weighted by Gasteiger charge is -2.22. The van der Waals surface area contributed by atoms with Crippen LogP contribution in [0.4, 0.5) is 0 Å². The van der Waals surface area contributed by atoms with Gasteiger partial charge in [0.25, 0.3) is 5.91 Å². The van der Waals surface area contributed by atoms with E-state index in [0.717, 1.165) is 30.4 Å². The van der Waals surface area contributed by atoms with Gasteiger partial charge < -0.3 is 10.4 Å². The molecule has 6 heteroatoms. The Morgan fingerprint density at radius 1 is 1.45 bits per heavy atom. The highest BCUT2D eigenvalue weighted by atomic mass is 32.2. The number of nitrogens with one attached hydrogen (secondary N) is 1. The first-order valence-corrected chi connectivity index (χ1v) is 7.55. The van der Waals surface area contributed by atoms with E-state index in [1.54, 1.807) is 6.07 Å². The lowest BCUT2D eigenvalue weighted by molar-refractivity contribution is -0.131. The zero-order valence-corrected chi connectivity index (χ0v) is 11.7. The van der Waals surface area contributed by atoms with E-state index in [-0.39, 0.29) is 11.9 Å². The number of hydrogen-bond acceptors (Lipinski definition) is 4. The SMILES string of the molecule is O=C(O)/C=C/c1cncc(C(=O)NC2CCCSC2)c1. The standard InChI is InChI=1S/C14H16N2O3S/c17-13(18)4-3-10-6-11(8-15-7-10)14(19)16-12-2-1-5-20-9-12/h3-4,6-8,12H,1-2,5,9H2,(H,16,19)(H,17,18)/b4-3+. The number of thioether (sulfide) groups is 1. The van der Waals surface area contributed by atoms with Crippen molar-refractivity contribution in [2.75, 3.05) is 11.5 Å². The fourth-order valence-corrected chi connectivity index (χ4v) is 3.04. The first kappa shape index (κ1) is 14.6. The Hall–Kier alpha value is -1.82. The molecule has 5 nitrogen and oxygen atoms in total. The number of nitrogens with zero attached hydrogens (tertiary/aromatic N) is 1. The lowest BCUT2D eigenvalue weighted by atomic mass is 10.1. The highest BCUT2D eigenvalue weighted by Gasteiger charge is 2.17. The van der Waals surface area contributed by atoms with E-state index in [9.17, 15) is 9.59 Å². The molecule has 2 N–H and O–H groups in total. The summed E-state index contributed by atoms with van der Waals surface area (Å²) in [5, 5.41) is 11.6. The summed E-state index contributed by atoms with van der Waals surface area (Å²) in [5.41, 5.74) is 1.05. The van der Waals surface area contributed by atoms with Crippen molar-refractivity contribution < 1.29 is 14.7 Å². The van der Waals surface area contributed by atoms with Gasteiger partial charge >= 0.3 is 5.97 Å². The average Bonchev–Trinajstić information content (AvgIpc) is 2.46. The average molecular weight is 292 g/mol. The van der Waals surface area contributed by atoms with Gasteiger partial charge in [-0.3, -0.25) is 9.78 Å². The number of carbonyl (C=O) groups is 2. The smallest absolute Gasteiger partial charge is 0.328 e. The van der Waals surface area contributed by atoms with Crippen LogP contribution in [0.3, 0.4) is 0 Å². The van der Waals surface area contributed by atoms with E-state index >= 15 is 0 Å². The predicted octanol–water partition coefficient (Wildman–Crippen LogP) is 1.80. The quantitative estimate of drug-likeness (QED) is 0.827. The fourth-order valence-electron chi connectivity index (χ4n) is 1.96. The van der Waals surface area contributed by atoms with E-state index in [1.807, 2.05) is 11.8 Å². The Bertz CT molecular complexity index is 525. The van der Waals surface area contributed by atoms with Crippen LogP contribution in [-0.4, -0.2) is 39.5 Å². The zero-order valence-electron chi connectivity index (χ0n) is 10.9. The van der Waals surface area contributed by atoms with Crippen LogP contribution in [-0.2, 0) is 4.79 Å². The molecule has 0 aliphatic carbocycles.